The van der Waals surface area contributed by atoms with Crippen molar-refractivity contribution in [3.05, 3.63) is 42.0 Å². The predicted molar refractivity (Wildman–Crippen MR) is 81.4 cm³/mol. The van der Waals surface area contributed by atoms with Crippen molar-refractivity contribution in [3.8, 4) is 0 Å². The first kappa shape index (κ1) is 14.6. The Labute approximate surface area is 121 Å². The van der Waals surface area contributed by atoms with E-state index >= 15 is 0 Å². The highest BCUT2D eigenvalue weighted by molar-refractivity contribution is 5.75. The molecule has 1 amide bonds. The molecule has 0 aliphatic carbocycles. The van der Waals surface area contributed by atoms with E-state index in [4.69, 9.17) is 4.74 Å². The van der Waals surface area contributed by atoms with Crippen molar-refractivity contribution in [1.82, 2.24) is 4.90 Å². The molecule has 0 radical (unpaired) electrons. The first-order chi connectivity index (χ1) is 9.37. The molecule has 1 aliphatic rings. The Kier molecular flexibility index (Phi) is 4.17. The minimum Gasteiger partial charge on any atom is -0.444 e. The molecule has 0 N–H and O–H groups in total. The third-order valence-corrected chi connectivity index (χ3v) is 3.35. The van der Waals surface area contributed by atoms with Gasteiger partial charge in [0.2, 0.25) is 0 Å². The Morgan fingerprint density at radius 3 is 2.50 bits per heavy atom. The van der Waals surface area contributed by atoms with Gasteiger partial charge in [0.25, 0.3) is 0 Å². The summed E-state index contributed by atoms with van der Waals surface area (Å²) in [7, 11) is 0. The van der Waals surface area contributed by atoms with E-state index in [2.05, 4.69) is 25.1 Å². The maximum absolute atomic E-state index is 12.3. The van der Waals surface area contributed by atoms with Gasteiger partial charge in [0.15, 0.2) is 0 Å². The first-order valence-electron chi connectivity index (χ1n) is 7.11. The van der Waals surface area contributed by atoms with Gasteiger partial charge in [-0.15, -0.1) is 0 Å². The van der Waals surface area contributed by atoms with Gasteiger partial charge in [-0.1, -0.05) is 36.4 Å². The molecule has 2 rings (SSSR count). The van der Waals surface area contributed by atoms with Crippen molar-refractivity contribution in [1.29, 1.82) is 0 Å². The Morgan fingerprint density at radius 1 is 1.25 bits per heavy atom. The van der Waals surface area contributed by atoms with Crippen molar-refractivity contribution < 1.29 is 9.53 Å². The van der Waals surface area contributed by atoms with E-state index in [9.17, 15) is 4.79 Å². The molecule has 1 aromatic rings. The van der Waals surface area contributed by atoms with E-state index in [-0.39, 0.29) is 12.1 Å². The van der Waals surface area contributed by atoms with Crippen LogP contribution in [0.4, 0.5) is 4.79 Å². The second kappa shape index (κ2) is 5.70. The molecule has 108 valence electrons. The van der Waals surface area contributed by atoms with E-state index in [0.717, 1.165) is 6.42 Å². The molecule has 3 nitrogen and oxygen atoms in total. The zero-order valence-corrected chi connectivity index (χ0v) is 12.7. The molecule has 1 unspecified atom stereocenters. The van der Waals surface area contributed by atoms with Crippen molar-refractivity contribution >= 4 is 11.7 Å². The monoisotopic (exact) mass is 273 g/mol. The smallest absolute Gasteiger partial charge is 0.410 e. The highest BCUT2D eigenvalue weighted by Gasteiger charge is 2.28. The number of amides is 1. The molecule has 0 spiro atoms. The lowest BCUT2D eigenvalue weighted by atomic mass is 9.98. The molecular weight excluding hydrogens is 250 g/mol. The summed E-state index contributed by atoms with van der Waals surface area (Å²) in [6, 6.07) is 10.4. The van der Waals surface area contributed by atoms with Gasteiger partial charge in [0, 0.05) is 12.6 Å². The molecule has 1 aliphatic heterocycles. The van der Waals surface area contributed by atoms with Crippen LogP contribution in [-0.4, -0.2) is 29.2 Å². The third kappa shape index (κ3) is 3.62. The maximum atomic E-state index is 12.3. The number of nitrogens with zero attached hydrogens (tertiary/aromatic N) is 1. The summed E-state index contributed by atoms with van der Waals surface area (Å²) in [6.07, 6.45) is 2.86. The van der Waals surface area contributed by atoms with Crippen LogP contribution in [0, 0.1) is 0 Å². The number of hydrogen-bond acceptors (Lipinski definition) is 2. The highest BCUT2D eigenvalue weighted by atomic mass is 16.6. The molecule has 0 saturated heterocycles. The maximum Gasteiger partial charge on any atom is 0.410 e. The summed E-state index contributed by atoms with van der Waals surface area (Å²) in [6.45, 7) is 8.36. The average Bonchev–Trinajstić information content (AvgIpc) is 2.38. The summed E-state index contributed by atoms with van der Waals surface area (Å²) in [5.41, 5.74) is 1.91. The molecule has 1 atom stereocenters. The Balaban J connectivity index is 2.13. The Morgan fingerprint density at radius 2 is 1.90 bits per heavy atom. The second-order valence-electron chi connectivity index (χ2n) is 6.29. The third-order valence-electron chi connectivity index (χ3n) is 3.35. The number of rotatable bonds is 1. The van der Waals surface area contributed by atoms with Crippen molar-refractivity contribution in [2.24, 2.45) is 0 Å². The molecule has 0 aromatic heterocycles. The van der Waals surface area contributed by atoms with Crippen LogP contribution in [0.25, 0.3) is 5.57 Å². The molecule has 0 bridgehead atoms. The van der Waals surface area contributed by atoms with Crippen LogP contribution < -0.4 is 0 Å². The van der Waals surface area contributed by atoms with Crippen LogP contribution in [0.5, 0.6) is 0 Å². The second-order valence-corrected chi connectivity index (χ2v) is 6.29. The van der Waals surface area contributed by atoms with Gasteiger partial charge in [-0.25, -0.2) is 4.79 Å². The molecule has 0 saturated carbocycles. The topological polar surface area (TPSA) is 29.5 Å². The Bertz CT molecular complexity index is 499. The first-order valence-corrected chi connectivity index (χ1v) is 7.11. The number of hydrogen-bond donors (Lipinski definition) is 0. The van der Waals surface area contributed by atoms with Crippen LogP contribution in [0.15, 0.2) is 36.4 Å². The minimum absolute atomic E-state index is 0.178. The normalized spacial score (nSPS) is 19.5. The van der Waals surface area contributed by atoms with Gasteiger partial charge in [-0.05, 0) is 45.3 Å². The van der Waals surface area contributed by atoms with Gasteiger partial charge < -0.3 is 9.64 Å². The van der Waals surface area contributed by atoms with Crippen LogP contribution >= 0.6 is 0 Å². The predicted octanol–water partition coefficient (Wildman–Crippen LogP) is 4.10. The summed E-state index contributed by atoms with van der Waals surface area (Å²) >= 11 is 0. The molecule has 0 fully saturated rings. The fraction of sp³-hybridized carbons (Fsp3) is 0.471. The van der Waals surface area contributed by atoms with Gasteiger partial charge >= 0.3 is 6.09 Å². The average molecular weight is 273 g/mol. The van der Waals surface area contributed by atoms with E-state index in [1.807, 2.05) is 43.9 Å². The summed E-state index contributed by atoms with van der Waals surface area (Å²) in [5.74, 6) is 0. The zero-order valence-electron chi connectivity index (χ0n) is 12.7. The number of benzene rings is 1. The van der Waals surface area contributed by atoms with E-state index in [1.165, 1.54) is 11.1 Å². The quantitative estimate of drug-likeness (QED) is 0.771. The Hall–Kier alpha value is -1.77. The van der Waals surface area contributed by atoms with Crippen LogP contribution in [0.2, 0.25) is 0 Å². The zero-order chi connectivity index (χ0) is 14.8. The SMILES string of the molecule is CC1CC=C(c2ccccc2)CN1C(=O)OC(C)(C)C. The molecular formula is C17H23NO2. The van der Waals surface area contributed by atoms with Crippen molar-refractivity contribution in [2.75, 3.05) is 6.54 Å². The molecule has 20 heavy (non-hydrogen) atoms. The fourth-order valence-electron chi connectivity index (χ4n) is 2.27. The summed E-state index contributed by atoms with van der Waals surface area (Å²) < 4.78 is 5.49. The highest BCUT2D eigenvalue weighted by Crippen LogP contribution is 2.25. The summed E-state index contributed by atoms with van der Waals surface area (Å²) in [4.78, 5) is 14.1. The minimum atomic E-state index is -0.453. The van der Waals surface area contributed by atoms with Gasteiger partial charge in [0.1, 0.15) is 5.60 Å². The lowest BCUT2D eigenvalue weighted by Crippen LogP contribution is -2.44. The molecule has 1 aromatic carbocycles. The number of ether oxygens (including phenoxy) is 1. The molecule has 1 heterocycles. The van der Waals surface area contributed by atoms with Gasteiger partial charge in [-0.3, -0.25) is 0 Å². The largest absolute Gasteiger partial charge is 0.444 e. The number of carbonyl (C=O) groups is 1. The fourth-order valence-corrected chi connectivity index (χ4v) is 2.27. The molecule has 3 heteroatoms. The van der Waals surface area contributed by atoms with E-state index in [1.54, 1.807) is 0 Å². The lowest BCUT2D eigenvalue weighted by Gasteiger charge is -2.35. The van der Waals surface area contributed by atoms with Crippen LogP contribution in [-0.2, 0) is 4.74 Å². The van der Waals surface area contributed by atoms with Crippen molar-refractivity contribution in [3.63, 3.8) is 0 Å². The number of carbonyl (C=O) groups excluding carboxylic acids is 1. The van der Waals surface area contributed by atoms with Crippen molar-refractivity contribution in [2.45, 2.75) is 45.8 Å². The lowest BCUT2D eigenvalue weighted by molar-refractivity contribution is 0.0201. The van der Waals surface area contributed by atoms with Gasteiger partial charge in [-0.2, -0.15) is 0 Å². The van der Waals surface area contributed by atoms with E-state index < -0.39 is 5.60 Å². The standard InChI is InChI=1S/C17H23NO2/c1-13-10-11-15(14-8-6-5-7-9-14)12-18(13)16(19)20-17(2,3)4/h5-9,11,13H,10,12H2,1-4H3. The van der Waals surface area contributed by atoms with E-state index in [0.29, 0.717) is 6.54 Å². The van der Waals surface area contributed by atoms with Gasteiger partial charge in [0.05, 0.1) is 0 Å². The summed E-state index contributed by atoms with van der Waals surface area (Å²) in [5, 5.41) is 0. The van der Waals surface area contributed by atoms with Crippen LogP contribution in [0.3, 0.4) is 0 Å². The van der Waals surface area contributed by atoms with Crippen LogP contribution in [0.1, 0.15) is 39.7 Å².